The van der Waals surface area contributed by atoms with Gasteiger partial charge in [-0.15, -0.1) is 6.58 Å². The van der Waals surface area contributed by atoms with Crippen molar-refractivity contribution < 1.29 is 13.9 Å². The first kappa shape index (κ1) is 21.9. The first-order chi connectivity index (χ1) is 15.7. The molecule has 1 fully saturated rings. The van der Waals surface area contributed by atoms with E-state index in [9.17, 15) is 4.79 Å². The molecule has 3 aromatic rings. The van der Waals surface area contributed by atoms with Gasteiger partial charge >= 0.3 is 0 Å². The largest absolute Gasteiger partial charge is 0.485 e. The molecule has 1 aromatic heterocycles. The fourth-order valence-electron chi connectivity index (χ4n) is 3.96. The number of likely N-dealkylation sites (tertiary alicyclic amines) is 1. The van der Waals surface area contributed by atoms with Crippen LogP contribution in [-0.4, -0.2) is 23.9 Å². The molecule has 2 aromatic carbocycles. The normalized spacial score (nSPS) is 14.1. The number of ether oxygens (including phenoxy) is 1. The zero-order valence-electron chi connectivity index (χ0n) is 18.4. The number of para-hydroxylation sites is 1. The maximum atomic E-state index is 12.6. The third kappa shape index (κ3) is 5.89. The Balaban J connectivity index is 1.30. The quantitative estimate of drug-likeness (QED) is 0.434. The van der Waals surface area contributed by atoms with Crippen molar-refractivity contribution in [1.82, 2.24) is 4.90 Å². The van der Waals surface area contributed by atoms with Crippen molar-refractivity contribution in [3.63, 3.8) is 0 Å². The van der Waals surface area contributed by atoms with Gasteiger partial charge in [-0.05, 0) is 73.8 Å². The van der Waals surface area contributed by atoms with Crippen molar-refractivity contribution in [3.05, 3.63) is 96.0 Å². The van der Waals surface area contributed by atoms with Crippen LogP contribution in [0.3, 0.4) is 0 Å². The molecular formula is C27H30N2O3. The molecule has 0 unspecified atom stereocenters. The lowest BCUT2D eigenvalue weighted by molar-refractivity contribution is 0.0992. The molecule has 5 nitrogen and oxygen atoms in total. The lowest BCUT2D eigenvalue weighted by Crippen LogP contribution is -2.29. The van der Waals surface area contributed by atoms with Crippen LogP contribution in [-0.2, 0) is 19.6 Å². The van der Waals surface area contributed by atoms with Crippen LogP contribution in [0.25, 0.3) is 0 Å². The molecule has 0 spiro atoms. The number of rotatable bonds is 9. The van der Waals surface area contributed by atoms with Crippen molar-refractivity contribution in [2.75, 3.05) is 18.4 Å². The second-order valence-electron chi connectivity index (χ2n) is 8.14. The predicted octanol–water partition coefficient (Wildman–Crippen LogP) is 5.83. The SMILES string of the molecule is C=CCc1ccccc1OCc1ccc(C(=O)Nc2ccc(CN3CCCCC3)cc2)o1. The Bertz CT molecular complexity index is 1030. The zero-order chi connectivity index (χ0) is 22.2. The minimum atomic E-state index is -0.271. The molecule has 5 heteroatoms. The molecule has 0 radical (unpaired) electrons. The van der Waals surface area contributed by atoms with E-state index < -0.39 is 0 Å². The van der Waals surface area contributed by atoms with Crippen LogP contribution in [0.5, 0.6) is 5.75 Å². The smallest absolute Gasteiger partial charge is 0.291 e. The van der Waals surface area contributed by atoms with Crippen LogP contribution in [0.2, 0.25) is 0 Å². The molecule has 1 amide bonds. The van der Waals surface area contributed by atoms with E-state index in [4.69, 9.17) is 9.15 Å². The summed E-state index contributed by atoms with van der Waals surface area (Å²) in [5.74, 6) is 1.38. The van der Waals surface area contributed by atoms with Crippen LogP contribution >= 0.6 is 0 Å². The van der Waals surface area contributed by atoms with Gasteiger partial charge in [-0.2, -0.15) is 0 Å². The Kier molecular flexibility index (Phi) is 7.41. The standard InChI is InChI=1S/C27H30N2O3/c1-2-8-22-9-4-5-10-25(22)31-20-24-15-16-26(32-24)27(30)28-23-13-11-21(12-14-23)19-29-17-6-3-7-18-29/h2,4-5,9-16H,1,3,6-8,17-20H2,(H,28,30). The molecule has 166 valence electrons. The fourth-order valence-corrected chi connectivity index (χ4v) is 3.96. The van der Waals surface area contributed by atoms with Gasteiger partial charge in [0, 0.05) is 12.2 Å². The van der Waals surface area contributed by atoms with Crippen LogP contribution < -0.4 is 10.1 Å². The summed E-state index contributed by atoms with van der Waals surface area (Å²) < 4.78 is 11.6. The molecule has 0 atom stereocenters. The highest BCUT2D eigenvalue weighted by Crippen LogP contribution is 2.21. The van der Waals surface area contributed by atoms with Crippen molar-refractivity contribution >= 4 is 11.6 Å². The van der Waals surface area contributed by atoms with E-state index in [1.165, 1.54) is 37.9 Å². The molecule has 32 heavy (non-hydrogen) atoms. The first-order valence-corrected chi connectivity index (χ1v) is 11.2. The number of carbonyl (C=O) groups is 1. The van der Waals surface area contributed by atoms with Crippen LogP contribution in [0.4, 0.5) is 5.69 Å². The number of piperidine rings is 1. The first-order valence-electron chi connectivity index (χ1n) is 11.2. The number of anilines is 1. The summed E-state index contributed by atoms with van der Waals surface area (Å²) in [4.78, 5) is 15.1. The Morgan fingerprint density at radius 1 is 1.03 bits per heavy atom. The monoisotopic (exact) mass is 430 g/mol. The Labute approximate surface area is 189 Å². The number of nitrogens with zero attached hydrogens (tertiary/aromatic N) is 1. The molecular weight excluding hydrogens is 400 g/mol. The molecule has 1 saturated heterocycles. The number of allylic oxidation sites excluding steroid dienone is 1. The van der Waals surface area contributed by atoms with Gasteiger partial charge < -0.3 is 14.5 Å². The summed E-state index contributed by atoms with van der Waals surface area (Å²) in [5, 5.41) is 2.90. The van der Waals surface area contributed by atoms with Crippen LogP contribution in [0.15, 0.2) is 77.7 Å². The van der Waals surface area contributed by atoms with E-state index in [1.54, 1.807) is 12.1 Å². The van der Waals surface area contributed by atoms with E-state index in [-0.39, 0.29) is 18.3 Å². The molecule has 1 aliphatic heterocycles. The number of hydrogen-bond donors (Lipinski definition) is 1. The average molecular weight is 431 g/mol. The molecule has 0 aliphatic carbocycles. The fraction of sp³-hybridized carbons (Fsp3) is 0.296. The van der Waals surface area contributed by atoms with Crippen molar-refractivity contribution in [2.45, 2.75) is 38.8 Å². The van der Waals surface area contributed by atoms with Gasteiger partial charge in [-0.25, -0.2) is 0 Å². The molecule has 0 bridgehead atoms. The lowest BCUT2D eigenvalue weighted by Gasteiger charge is -2.26. The van der Waals surface area contributed by atoms with Gasteiger partial charge in [0.2, 0.25) is 0 Å². The van der Waals surface area contributed by atoms with Crippen molar-refractivity contribution in [1.29, 1.82) is 0 Å². The molecule has 2 heterocycles. The van der Waals surface area contributed by atoms with Crippen molar-refractivity contribution in [3.8, 4) is 5.75 Å². The number of benzene rings is 2. The summed E-state index contributed by atoms with van der Waals surface area (Å²) in [6, 6.07) is 19.3. The number of hydrogen-bond acceptors (Lipinski definition) is 4. The van der Waals surface area contributed by atoms with E-state index in [0.717, 1.165) is 30.0 Å². The summed E-state index contributed by atoms with van der Waals surface area (Å²) in [7, 11) is 0. The summed E-state index contributed by atoms with van der Waals surface area (Å²) >= 11 is 0. The van der Waals surface area contributed by atoms with E-state index in [1.807, 2.05) is 42.5 Å². The number of carbonyl (C=O) groups excluding carboxylic acids is 1. The van der Waals surface area contributed by atoms with Crippen LogP contribution in [0, 0.1) is 0 Å². The number of nitrogens with one attached hydrogen (secondary N) is 1. The highest BCUT2D eigenvalue weighted by atomic mass is 16.5. The van der Waals surface area contributed by atoms with E-state index in [0.29, 0.717) is 5.76 Å². The highest BCUT2D eigenvalue weighted by Gasteiger charge is 2.13. The summed E-state index contributed by atoms with van der Waals surface area (Å²) in [6.07, 6.45) is 6.48. The molecule has 4 rings (SSSR count). The minimum Gasteiger partial charge on any atom is -0.485 e. The molecule has 1 aliphatic rings. The Morgan fingerprint density at radius 3 is 2.59 bits per heavy atom. The lowest BCUT2D eigenvalue weighted by atomic mass is 10.1. The van der Waals surface area contributed by atoms with Gasteiger partial charge in [-0.1, -0.05) is 42.8 Å². The third-order valence-electron chi connectivity index (χ3n) is 5.66. The van der Waals surface area contributed by atoms with E-state index in [2.05, 4.69) is 28.9 Å². The Morgan fingerprint density at radius 2 is 1.81 bits per heavy atom. The summed E-state index contributed by atoms with van der Waals surface area (Å²) in [5.41, 5.74) is 3.08. The van der Waals surface area contributed by atoms with Gasteiger partial charge in [0.25, 0.3) is 5.91 Å². The second-order valence-corrected chi connectivity index (χ2v) is 8.14. The van der Waals surface area contributed by atoms with E-state index >= 15 is 0 Å². The molecule has 1 N–H and O–H groups in total. The second kappa shape index (κ2) is 10.8. The predicted molar refractivity (Wildman–Crippen MR) is 127 cm³/mol. The van der Waals surface area contributed by atoms with Gasteiger partial charge in [0.15, 0.2) is 5.76 Å². The van der Waals surface area contributed by atoms with Crippen molar-refractivity contribution in [2.24, 2.45) is 0 Å². The Hall–Kier alpha value is -3.31. The van der Waals surface area contributed by atoms with Crippen LogP contribution in [0.1, 0.15) is 46.7 Å². The van der Waals surface area contributed by atoms with Gasteiger partial charge in [-0.3, -0.25) is 9.69 Å². The maximum Gasteiger partial charge on any atom is 0.291 e. The summed E-state index contributed by atoms with van der Waals surface area (Å²) in [6.45, 7) is 7.34. The topological polar surface area (TPSA) is 54.7 Å². The minimum absolute atomic E-state index is 0.257. The average Bonchev–Trinajstić information content (AvgIpc) is 3.30. The number of amides is 1. The van der Waals surface area contributed by atoms with Gasteiger partial charge in [0.1, 0.15) is 18.1 Å². The molecule has 0 saturated carbocycles. The zero-order valence-corrected chi connectivity index (χ0v) is 18.4. The number of furan rings is 1. The highest BCUT2D eigenvalue weighted by molar-refractivity contribution is 6.02. The van der Waals surface area contributed by atoms with Gasteiger partial charge in [0.05, 0.1) is 0 Å². The third-order valence-corrected chi connectivity index (χ3v) is 5.66. The maximum absolute atomic E-state index is 12.6.